The third-order valence-electron chi connectivity index (χ3n) is 6.12. The highest BCUT2D eigenvalue weighted by Gasteiger charge is 2.33. The first-order chi connectivity index (χ1) is 18.4. The fraction of sp³-hybridized carbons (Fsp3) is 0.346. The summed E-state index contributed by atoms with van der Waals surface area (Å²) in [5, 5.41) is 21.3. The van der Waals surface area contributed by atoms with Gasteiger partial charge in [0, 0.05) is 30.5 Å². The number of hydrogen-bond donors (Lipinski definition) is 4. The van der Waals surface area contributed by atoms with Crippen LogP contribution >= 0.6 is 23.2 Å². The van der Waals surface area contributed by atoms with Gasteiger partial charge in [0.1, 0.15) is 5.15 Å². The minimum Gasteiger partial charge on any atom is -0.392 e. The van der Waals surface area contributed by atoms with Gasteiger partial charge in [-0.1, -0.05) is 59.6 Å². The Morgan fingerprint density at radius 1 is 1.05 bits per heavy atom. The molecular weight excluding hydrogens is 535 g/mol. The molecule has 3 atom stereocenters. The topological polar surface area (TPSA) is 135 Å². The zero-order chi connectivity index (χ0) is 27.1. The van der Waals surface area contributed by atoms with Gasteiger partial charge < -0.3 is 24.5 Å². The van der Waals surface area contributed by atoms with Gasteiger partial charge in [-0.2, -0.15) is 0 Å². The maximum absolute atomic E-state index is 12.3. The maximum atomic E-state index is 12.3. The number of benzene rings is 2. The van der Waals surface area contributed by atoms with Gasteiger partial charge in [0.05, 0.1) is 31.7 Å². The zero-order valence-corrected chi connectivity index (χ0v) is 21.9. The smallest absolute Gasteiger partial charge is 0.243 e. The number of rotatable bonds is 10. The van der Waals surface area contributed by atoms with Crippen molar-refractivity contribution in [2.75, 3.05) is 5.32 Å². The highest BCUT2D eigenvalue weighted by atomic mass is 35.5. The Balaban J connectivity index is 1.50. The Hall–Kier alpha value is -2.99. The van der Waals surface area contributed by atoms with Crippen LogP contribution in [-0.2, 0) is 32.2 Å². The molecule has 12 heteroatoms. The number of amides is 2. The zero-order valence-electron chi connectivity index (χ0n) is 20.3. The number of imidazole rings is 1. The number of anilines is 1. The van der Waals surface area contributed by atoms with E-state index in [0.717, 1.165) is 11.1 Å². The van der Waals surface area contributed by atoms with E-state index >= 15 is 0 Å². The minimum atomic E-state index is -0.737. The van der Waals surface area contributed by atoms with Gasteiger partial charge in [-0.3, -0.25) is 14.8 Å². The Bertz CT molecular complexity index is 1250. The van der Waals surface area contributed by atoms with Crippen molar-refractivity contribution in [2.45, 2.75) is 57.3 Å². The van der Waals surface area contributed by atoms with E-state index in [9.17, 15) is 14.7 Å². The molecular formula is C26H28Cl2N4O6. The lowest BCUT2D eigenvalue weighted by Crippen LogP contribution is -2.32. The van der Waals surface area contributed by atoms with Crippen LogP contribution in [0.3, 0.4) is 0 Å². The van der Waals surface area contributed by atoms with Crippen molar-refractivity contribution < 1.29 is 29.4 Å². The van der Waals surface area contributed by atoms with Crippen molar-refractivity contribution in [2.24, 2.45) is 0 Å². The highest BCUT2D eigenvalue weighted by molar-refractivity contribution is 6.40. The van der Waals surface area contributed by atoms with Gasteiger partial charge in [-0.05, 0) is 29.7 Å². The lowest BCUT2D eigenvalue weighted by atomic mass is 10.00. The summed E-state index contributed by atoms with van der Waals surface area (Å²) in [5.74, 6) is -0.800. The van der Waals surface area contributed by atoms with Gasteiger partial charge in [0.25, 0.3) is 0 Å². The summed E-state index contributed by atoms with van der Waals surface area (Å²) in [4.78, 5) is 27.5. The van der Waals surface area contributed by atoms with E-state index in [1.807, 2.05) is 30.3 Å². The fourth-order valence-corrected chi connectivity index (χ4v) is 4.49. The van der Waals surface area contributed by atoms with Crippen LogP contribution in [0.15, 0.2) is 54.9 Å². The van der Waals surface area contributed by atoms with Crippen molar-refractivity contribution in [3.63, 3.8) is 0 Å². The highest BCUT2D eigenvalue weighted by Crippen LogP contribution is 2.39. The largest absolute Gasteiger partial charge is 0.392 e. The van der Waals surface area contributed by atoms with Gasteiger partial charge in [-0.15, -0.1) is 0 Å². The molecule has 2 aromatic carbocycles. The molecule has 1 aliphatic heterocycles. The molecule has 1 saturated heterocycles. The SMILES string of the molecule is O=C(CCCC(=O)Nc1cccc(C2OC(Cn3cnc(Cl)c3Cl)CC(c3ccc(CO)cc3)O2)c1)NO. The van der Waals surface area contributed by atoms with E-state index in [0.29, 0.717) is 35.8 Å². The fourth-order valence-electron chi connectivity index (χ4n) is 4.17. The second kappa shape index (κ2) is 13.2. The molecule has 0 aliphatic carbocycles. The number of carbonyl (C=O) groups excluding carboxylic acids is 2. The first kappa shape index (κ1) is 28.0. The summed E-state index contributed by atoms with van der Waals surface area (Å²) < 4.78 is 14.4. The number of hydrogen-bond acceptors (Lipinski definition) is 7. The van der Waals surface area contributed by atoms with Gasteiger partial charge in [0.2, 0.25) is 11.8 Å². The van der Waals surface area contributed by atoms with E-state index in [-0.39, 0.29) is 42.7 Å². The van der Waals surface area contributed by atoms with Crippen LogP contribution in [0, 0.1) is 0 Å². The molecule has 4 rings (SSSR count). The van der Waals surface area contributed by atoms with Crippen molar-refractivity contribution in [3.05, 3.63) is 81.9 Å². The molecule has 0 radical (unpaired) electrons. The molecule has 10 nitrogen and oxygen atoms in total. The molecule has 0 spiro atoms. The van der Waals surface area contributed by atoms with Gasteiger partial charge >= 0.3 is 0 Å². The average molecular weight is 563 g/mol. The minimum absolute atomic E-state index is 0.0436. The first-order valence-electron chi connectivity index (χ1n) is 12.1. The lowest BCUT2D eigenvalue weighted by molar-refractivity contribution is -0.252. The summed E-state index contributed by atoms with van der Waals surface area (Å²) in [7, 11) is 0. The molecule has 1 aliphatic rings. The molecule has 1 fully saturated rings. The van der Waals surface area contributed by atoms with E-state index in [1.54, 1.807) is 34.6 Å². The van der Waals surface area contributed by atoms with E-state index in [4.69, 9.17) is 37.9 Å². The second-order valence-corrected chi connectivity index (χ2v) is 9.61. The maximum Gasteiger partial charge on any atom is 0.243 e. The van der Waals surface area contributed by atoms with E-state index in [1.165, 1.54) is 0 Å². The van der Waals surface area contributed by atoms with Crippen LogP contribution in [0.25, 0.3) is 0 Å². The number of aromatic nitrogens is 2. The number of aliphatic hydroxyl groups excluding tert-OH is 1. The predicted octanol–water partition coefficient (Wildman–Crippen LogP) is 4.54. The Morgan fingerprint density at radius 2 is 1.82 bits per heavy atom. The van der Waals surface area contributed by atoms with Crippen molar-refractivity contribution in [1.29, 1.82) is 0 Å². The Kier molecular flexibility index (Phi) is 9.73. The molecule has 202 valence electrons. The van der Waals surface area contributed by atoms with Gasteiger partial charge in [0.15, 0.2) is 11.4 Å². The van der Waals surface area contributed by atoms with Crippen LogP contribution in [0.5, 0.6) is 0 Å². The molecule has 4 N–H and O–H groups in total. The number of hydroxylamine groups is 1. The number of ether oxygens (including phenoxy) is 2. The van der Waals surface area contributed by atoms with Crippen LogP contribution in [-0.4, -0.2) is 37.8 Å². The van der Waals surface area contributed by atoms with Crippen LogP contribution < -0.4 is 10.8 Å². The number of carbonyl (C=O) groups is 2. The molecule has 0 bridgehead atoms. The van der Waals surface area contributed by atoms with E-state index < -0.39 is 12.2 Å². The predicted molar refractivity (Wildman–Crippen MR) is 140 cm³/mol. The van der Waals surface area contributed by atoms with Crippen LogP contribution in [0.4, 0.5) is 5.69 Å². The molecule has 1 aromatic heterocycles. The monoisotopic (exact) mass is 562 g/mol. The summed E-state index contributed by atoms with van der Waals surface area (Å²) in [6.07, 6.45) is 1.22. The first-order valence-corrected chi connectivity index (χ1v) is 12.8. The second-order valence-electron chi connectivity index (χ2n) is 8.89. The number of nitrogens with one attached hydrogen (secondary N) is 2. The molecule has 2 amide bonds. The Labute approximate surface area is 229 Å². The number of halogens is 2. The van der Waals surface area contributed by atoms with Gasteiger partial charge in [-0.25, -0.2) is 10.5 Å². The van der Waals surface area contributed by atoms with Crippen LogP contribution in [0.2, 0.25) is 10.3 Å². The third kappa shape index (κ3) is 7.31. The summed E-state index contributed by atoms with van der Waals surface area (Å²) in [6, 6.07) is 14.7. The molecule has 0 saturated carbocycles. The van der Waals surface area contributed by atoms with Crippen LogP contribution in [0.1, 0.15) is 54.8 Å². The Morgan fingerprint density at radius 3 is 2.50 bits per heavy atom. The standard InChI is InChI=1S/C26H28Cl2N4O6/c27-24-25(28)32(15-29-24)13-20-12-21(17-9-7-16(14-33)8-10-17)38-26(37-20)18-3-1-4-19(11-18)30-22(34)5-2-6-23(35)31-36/h1,3-4,7-11,15,20-21,26,33,36H,2,5-6,12-14H2,(H,30,34)(H,31,35). The van der Waals surface area contributed by atoms with E-state index in [2.05, 4.69) is 10.3 Å². The number of aliphatic hydroxyl groups is 1. The number of nitrogens with zero attached hydrogens (tertiary/aromatic N) is 2. The van der Waals surface area contributed by atoms with Crippen molar-refractivity contribution >= 4 is 40.7 Å². The molecule has 38 heavy (non-hydrogen) atoms. The summed E-state index contributed by atoms with van der Waals surface area (Å²) >= 11 is 12.3. The summed E-state index contributed by atoms with van der Waals surface area (Å²) in [5.41, 5.74) is 4.55. The third-order valence-corrected chi connectivity index (χ3v) is 6.89. The molecule has 2 heterocycles. The quantitative estimate of drug-likeness (QED) is 0.210. The van der Waals surface area contributed by atoms with Crippen molar-refractivity contribution in [3.8, 4) is 0 Å². The summed E-state index contributed by atoms with van der Waals surface area (Å²) in [6.45, 7) is 0.356. The average Bonchev–Trinajstić information content (AvgIpc) is 3.25. The molecule has 3 aromatic rings. The molecule has 3 unspecified atom stereocenters. The normalized spacial score (nSPS) is 19.2. The van der Waals surface area contributed by atoms with Crippen molar-refractivity contribution in [1.82, 2.24) is 15.0 Å². The lowest BCUT2D eigenvalue weighted by Gasteiger charge is -2.36.